The van der Waals surface area contributed by atoms with Crippen molar-refractivity contribution in [3.05, 3.63) is 23.3 Å². The maximum atomic E-state index is 12.2. The molecule has 0 N–H and O–H groups in total. The van der Waals surface area contributed by atoms with E-state index >= 15 is 0 Å². The molecular formula is C13H25O3P. The van der Waals surface area contributed by atoms with E-state index < -0.39 is 7.60 Å². The van der Waals surface area contributed by atoms with Crippen molar-refractivity contribution in [2.45, 2.75) is 41.0 Å². The predicted molar refractivity (Wildman–Crippen MR) is 73.5 cm³/mol. The van der Waals surface area contributed by atoms with Crippen molar-refractivity contribution in [2.75, 3.05) is 19.4 Å². The first-order valence-corrected chi connectivity index (χ1v) is 7.83. The highest BCUT2D eigenvalue weighted by atomic mass is 31.2. The minimum atomic E-state index is -2.93. The molecular weight excluding hydrogens is 235 g/mol. The molecule has 0 unspecified atom stereocenters. The van der Waals surface area contributed by atoms with Gasteiger partial charge in [-0.25, -0.2) is 0 Å². The van der Waals surface area contributed by atoms with Crippen molar-refractivity contribution in [3.63, 3.8) is 0 Å². The van der Waals surface area contributed by atoms with E-state index in [4.69, 9.17) is 9.05 Å². The molecule has 0 fully saturated rings. The summed E-state index contributed by atoms with van der Waals surface area (Å²) in [6.45, 7) is 10.6. The van der Waals surface area contributed by atoms with E-state index in [2.05, 4.69) is 26.0 Å². The summed E-state index contributed by atoms with van der Waals surface area (Å²) < 4.78 is 22.7. The molecule has 4 heteroatoms. The van der Waals surface area contributed by atoms with E-state index in [0.29, 0.717) is 19.4 Å². The van der Waals surface area contributed by atoms with Crippen LogP contribution in [-0.2, 0) is 13.6 Å². The molecule has 0 aromatic rings. The van der Waals surface area contributed by atoms with Crippen LogP contribution in [0.25, 0.3) is 0 Å². The maximum absolute atomic E-state index is 12.2. The van der Waals surface area contributed by atoms with E-state index in [1.54, 1.807) is 0 Å². The molecule has 0 saturated carbocycles. The number of allylic oxidation sites excluding steroid dienone is 4. The maximum Gasteiger partial charge on any atom is 0.334 e. The Kier molecular flexibility index (Phi) is 8.49. The van der Waals surface area contributed by atoms with E-state index in [9.17, 15) is 4.57 Å². The quantitative estimate of drug-likeness (QED) is 0.474. The summed E-state index contributed by atoms with van der Waals surface area (Å²) in [7, 11) is -2.93. The van der Waals surface area contributed by atoms with Crippen LogP contribution in [0.3, 0.4) is 0 Å². The van der Waals surface area contributed by atoms with Gasteiger partial charge in [0.25, 0.3) is 0 Å². The molecule has 0 aliphatic carbocycles. The van der Waals surface area contributed by atoms with Gasteiger partial charge in [-0.15, -0.1) is 0 Å². The van der Waals surface area contributed by atoms with Crippen LogP contribution in [0.15, 0.2) is 23.3 Å². The zero-order valence-corrected chi connectivity index (χ0v) is 12.5. The minimum Gasteiger partial charge on any atom is -0.309 e. The number of hydrogen-bond acceptors (Lipinski definition) is 3. The van der Waals surface area contributed by atoms with Gasteiger partial charge in [0.2, 0.25) is 0 Å². The van der Waals surface area contributed by atoms with E-state index in [1.165, 1.54) is 5.57 Å². The highest BCUT2D eigenvalue weighted by molar-refractivity contribution is 7.54. The lowest BCUT2D eigenvalue weighted by atomic mass is 10.2. The normalized spacial score (nSPS) is 12.6. The molecule has 0 atom stereocenters. The van der Waals surface area contributed by atoms with Crippen LogP contribution in [0.2, 0.25) is 0 Å². The van der Waals surface area contributed by atoms with Crippen LogP contribution >= 0.6 is 7.60 Å². The van der Waals surface area contributed by atoms with Crippen LogP contribution < -0.4 is 0 Å². The van der Waals surface area contributed by atoms with Gasteiger partial charge in [0, 0.05) is 0 Å². The monoisotopic (exact) mass is 260 g/mol. The first kappa shape index (κ1) is 16.6. The zero-order chi connectivity index (χ0) is 13.3. The highest BCUT2D eigenvalue weighted by Crippen LogP contribution is 2.49. The third-order valence-corrected chi connectivity index (χ3v) is 4.28. The molecule has 0 bridgehead atoms. The number of rotatable bonds is 8. The van der Waals surface area contributed by atoms with Gasteiger partial charge in [-0.05, 0) is 41.0 Å². The van der Waals surface area contributed by atoms with Crippen molar-refractivity contribution in [1.82, 2.24) is 0 Å². The summed E-state index contributed by atoms with van der Waals surface area (Å²) in [5.74, 6) is 0. The van der Waals surface area contributed by atoms with Crippen molar-refractivity contribution in [3.8, 4) is 0 Å². The second-order valence-corrected chi connectivity index (χ2v) is 6.23. The van der Waals surface area contributed by atoms with Crippen LogP contribution in [0.4, 0.5) is 0 Å². The fourth-order valence-corrected chi connectivity index (χ4v) is 3.17. The Morgan fingerprint density at radius 1 is 1.06 bits per heavy atom. The third-order valence-electron chi connectivity index (χ3n) is 2.09. The van der Waals surface area contributed by atoms with Crippen molar-refractivity contribution in [2.24, 2.45) is 0 Å². The molecule has 0 rings (SSSR count). The fraction of sp³-hybridized carbons (Fsp3) is 0.692. The summed E-state index contributed by atoms with van der Waals surface area (Å²) in [6, 6.07) is 0. The second kappa shape index (κ2) is 8.68. The molecule has 0 amide bonds. The fourth-order valence-electron chi connectivity index (χ4n) is 1.39. The van der Waals surface area contributed by atoms with Gasteiger partial charge in [-0.2, -0.15) is 0 Å². The van der Waals surface area contributed by atoms with Gasteiger partial charge in [-0.3, -0.25) is 4.57 Å². The van der Waals surface area contributed by atoms with Gasteiger partial charge < -0.3 is 9.05 Å². The minimum absolute atomic E-state index is 0.380. The smallest absolute Gasteiger partial charge is 0.309 e. The Labute approximate surface area is 105 Å². The second-order valence-electron chi connectivity index (χ2n) is 4.17. The lowest BCUT2D eigenvalue weighted by Crippen LogP contribution is -2.01. The van der Waals surface area contributed by atoms with Crippen molar-refractivity contribution in [1.29, 1.82) is 0 Å². The third kappa shape index (κ3) is 8.37. The Hall–Kier alpha value is -0.370. The predicted octanol–water partition coefficient (Wildman–Crippen LogP) is 4.56. The lowest BCUT2D eigenvalue weighted by molar-refractivity contribution is 0.222. The molecule has 0 aromatic heterocycles. The Bertz CT molecular complexity index is 305. The highest BCUT2D eigenvalue weighted by Gasteiger charge is 2.23. The molecule has 3 nitrogen and oxygen atoms in total. The van der Waals surface area contributed by atoms with E-state index in [1.807, 2.05) is 20.8 Å². The molecule has 0 radical (unpaired) electrons. The van der Waals surface area contributed by atoms with Crippen molar-refractivity contribution < 1.29 is 13.6 Å². The average molecular weight is 260 g/mol. The number of hydrogen-bond donors (Lipinski definition) is 0. The molecule has 17 heavy (non-hydrogen) atoms. The van der Waals surface area contributed by atoms with Crippen LogP contribution in [0, 0.1) is 0 Å². The molecule has 0 aliphatic heterocycles. The summed E-state index contributed by atoms with van der Waals surface area (Å²) >= 11 is 0. The SMILES string of the molecule is CCOP(=O)(CC(C)=CCC=C(C)C)OCC. The molecule has 0 aliphatic rings. The molecule has 0 aromatic carbocycles. The van der Waals surface area contributed by atoms with Crippen LogP contribution in [0.1, 0.15) is 41.0 Å². The Balaban J connectivity index is 4.44. The molecule has 0 saturated heterocycles. The molecule has 100 valence electrons. The Morgan fingerprint density at radius 2 is 1.59 bits per heavy atom. The average Bonchev–Trinajstić information content (AvgIpc) is 2.16. The first-order chi connectivity index (χ1) is 7.93. The molecule has 0 heterocycles. The summed E-state index contributed by atoms with van der Waals surface area (Å²) in [4.78, 5) is 0. The summed E-state index contributed by atoms with van der Waals surface area (Å²) in [6.07, 6.45) is 5.45. The summed E-state index contributed by atoms with van der Waals surface area (Å²) in [5, 5.41) is 0. The van der Waals surface area contributed by atoms with E-state index in [-0.39, 0.29) is 0 Å². The van der Waals surface area contributed by atoms with Crippen molar-refractivity contribution >= 4 is 7.60 Å². The van der Waals surface area contributed by atoms with Gasteiger partial charge in [0.1, 0.15) is 0 Å². The largest absolute Gasteiger partial charge is 0.334 e. The van der Waals surface area contributed by atoms with Crippen LogP contribution in [0.5, 0.6) is 0 Å². The van der Waals surface area contributed by atoms with Crippen LogP contribution in [-0.4, -0.2) is 19.4 Å². The standard InChI is InChI=1S/C13H25O3P/c1-6-15-17(14,16-7-2)11-13(5)10-8-9-12(3)4/h9-10H,6-8,11H2,1-5H3. The van der Waals surface area contributed by atoms with E-state index in [0.717, 1.165) is 12.0 Å². The van der Waals surface area contributed by atoms with Gasteiger partial charge in [0.05, 0.1) is 19.4 Å². The summed E-state index contributed by atoms with van der Waals surface area (Å²) in [5.41, 5.74) is 2.33. The first-order valence-electron chi connectivity index (χ1n) is 6.10. The van der Waals surface area contributed by atoms with Gasteiger partial charge >= 0.3 is 7.60 Å². The Morgan fingerprint density at radius 3 is 2.00 bits per heavy atom. The molecule has 0 spiro atoms. The van der Waals surface area contributed by atoms with Gasteiger partial charge in [-0.1, -0.05) is 23.3 Å². The topological polar surface area (TPSA) is 35.5 Å². The lowest BCUT2D eigenvalue weighted by Gasteiger charge is -2.17. The van der Waals surface area contributed by atoms with Gasteiger partial charge in [0.15, 0.2) is 0 Å². The zero-order valence-electron chi connectivity index (χ0n) is 11.7.